The highest BCUT2D eigenvalue weighted by molar-refractivity contribution is 5.66. The van der Waals surface area contributed by atoms with E-state index in [0.29, 0.717) is 11.4 Å². The average Bonchev–Trinajstić information content (AvgIpc) is 1.97. The summed E-state index contributed by atoms with van der Waals surface area (Å²) in [6.07, 6.45) is 0. The van der Waals surface area contributed by atoms with Gasteiger partial charge in [0.25, 0.3) is 0 Å². The zero-order valence-electron chi connectivity index (χ0n) is 7.33. The molecule has 0 spiro atoms. The highest BCUT2D eigenvalue weighted by Gasteiger charge is 2.11. The largest absolute Gasteiger partial charge is 0.505 e. The predicted molar refractivity (Wildman–Crippen MR) is 51.0 cm³/mol. The van der Waals surface area contributed by atoms with Crippen molar-refractivity contribution in [1.29, 1.82) is 0 Å². The lowest BCUT2D eigenvalue weighted by Crippen LogP contribution is -1.99. The lowest BCUT2D eigenvalue weighted by Gasteiger charge is -2.12. The van der Waals surface area contributed by atoms with Gasteiger partial charge in [-0.1, -0.05) is 13.8 Å². The van der Waals surface area contributed by atoms with E-state index in [1.807, 2.05) is 13.8 Å². The molecular formula is C9H14N2O. The van der Waals surface area contributed by atoms with Crippen LogP contribution in [0.25, 0.3) is 0 Å². The molecule has 3 nitrogen and oxygen atoms in total. The highest BCUT2D eigenvalue weighted by atomic mass is 16.3. The van der Waals surface area contributed by atoms with Crippen LogP contribution < -0.4 is 11.5 Å². The highest BCUT2D eigenvalue weighted by Crippen LogP contribution is 2.35. The minimum Gasteiger partial charge on any atom is -0.505 e. The van der Waals surface area contributed by atoms with Crippen molar-refractivity contribution in [3.8, 4) is 5.75 Å². The van der Waals surface area contributed by atoms with E-state index in [2.05, 4.69) is 0 Å². The number of nitrogen functional groups attached to an aromatic ring is 2. The number of phenolic OH excluding ortho intramolecular Hbond substituents is 1. The normalized spacial score (nSPS) is 10.6. The molecular weight excluding hydrogens is 152 g/mol. The Morgan fingerprint density at radius 2 is 1.67 bits per heavy atom. The molecule has 0 aromatic heterocycles. The second-order valence-electron chi connectivity index (χ2n) is 3.16. The van der Waals surface area contributed by atoms with Gasteiger partial charge in [-0.05, 0) is 18.1 Å². The molecule has 0 atom stereocenters. The van der Waals surface area contributed by atoms with E-state index in [1.54, 1.807) is 12.1 Å². The lowest BCUT2D eigenvalue weighted by atomic mass is 9.99. The van der Waals surface area contributed by atoms with E-state index in [-0.39, 0.29) is 11.7 Å². The molecule has 0 heterocycles. The number of rotatable bonds is 1. The van der Waals surface area contributed by atoms with E-state index in [1.165, 1.54) is 0 Å². The first-order valence-corrected chi connectivity index (χ1v) is 3.91. The van der Waals surface area contributed by atoms with Gasteiger partial charge in [0.2, 0.25) is 0 Å². The summed E-state index contributed by atoms with van der Waals surface area (Å²) in [7, 11) is 0. The summed E-state index contributed by atoms with van der Waals surface area (Å²) < 4.78 is 0. The van der Waals surface area contributed by atoms with Crippen molar-refractivity contribution >= 4 is 11.4 Å². The maximum Gasteiger partial charge on any atom is 0.143 e. The van der Waals surface area contributed by atoms with E-state index < -0.39 is 0 Å². The average molecular weight is 166 g/mol. The van der Waals surface area contributed by atoms with Crippen molar-refractivity contribution in [2.24, 2.45) is 0 Å². The van der Waals surface area contributed by atoms with Gasteiger partial charge in [-0.15, -0.1) is 0 Å². The standard InChI is InChI=1S/C9H14N2O/c1-5(2)8-6(10)3-4-7(11)9(8)12/h3-5,12H,10-11H2,1-2H3. The molecule has 0 fully saturated rings. The fourth-order valence-electron chi connectivity index (χ4n) is 1.25. The van der Waals surface area contributed by atoms with Gasteiger partial charge >= 0.3 is 0 Å². The molecule has 0 amide bonds. The molecule has 0 radical (unpaired) electrons. The fraction of sp³-hybridized carbons (Fsp3) is 0.333. The van der Waals surface area contributed by atoms with Crippen molar-refractivity contribution in [3.05, 3.63) is 17.7 Å². The van der Waals surface area contributed by atoms with Crippen molar-refractivity contribution < 1.29 is 5.11 Å². The number of hydrogen-bond acceptors (Lipinski definition) is 3. The summed E-state index contributed by atoms with van der Waals surface area (Å²) in [5.41, 5.74) is 12.9. The van der Waals surface area contributed by atoms with Crippen LogP contribution in [0.1, 0.15) is 25.3 Å². The molecule has 5 N–H and O–H groups in total. The van der Waals surface area contributed by atoms with Crippen molar-refractivity contribution in [2.75, 3.05) is 11.5 Å². The minimum absolute atomic E-state index is 0.116. The lowest BCUT2D eigenvalue weighted by molar-refractivity contribution is 0.468. The quantitative estimate of drug-likeness (QED) is 0.439. The van der Waals surface area contributed by atoms with E-state index in [0.717, 1.165) is 5.56 Å². The van der Waals surface area contributed by atoms with Crippen LogP contribution in [0.4, 0.5) is 11.4 Å². The molecule has 3 heteroatoms. The Bertz CT molecular complexity index is 295. The van der Waals surface area contributed by atoms with Gasteiger partial charge in [0.05, 0.1) is 5.69 Å². The van der Waals surface area contributed by atoms with Crippen molar-refractivity contribution in [3.63, 3.8) is 0 Å². The Balaban J connectivity index is 3.33. The predicted octanol–water partition coefficient (Wildman–Crippen LogP) is 1.68. The number of anilines is 2. The van der Waals surface area contributed by atoms with Gasteiger partial charge in [0.1, 0.15) is 5.75 Å². The first kappa shape index (κ1) is 8.71. The van der Waals surface area contributed by atoms with E-state index >= 15 is 0 Å². The number of aromatic hydroxyl groups is 1. The molecule has 1 rings (SSSR count). The summed E-state index contributed by atoms with van der Waals surface area (Å²) in [4.78, 5) is 0. The molecule has 0 aliphatic rings. The van der Waals surface area contributed by atoms with E-state index in [9.17, 15) is 5.11 Å². The molecule has 66 valence electrons. The molecule has 12 heavy (non-hydrogen) atoms. The Labute approximate surface area is 72.0 Å². The van der Waals surface area contributed by atoms with Gasteiger partial charge in [0, 0.05) is 11.3 Å². The molecule has 0 aliphatic carbocycles. The molecule has 1 aromatic carbocycles. The molecule has 0 saturated heterocycles. The first-order chi connectivity index (χ1) is 5.54. The minimum atomic E-state index is 0.116. The van der Waals surface area contributed by atoms with Crippen LogP contribution in [0.3, 0.4) is 0 Å². The van der Waals surface area contributed by atoms with Crippen LogP contribution in [-0.2, 0) is 0 Å². The SMILES string of the molecule is CC(C)c1c(N)ccc(N)c1O. The Kier molecular flexibility index (Phi) is 2.13. The van der Waals surface area contributed by atoms with Crippen LogP contribution in [0.15, 0.2) is 12.1 Å². The van der Waals surface area contributed by atoms with Crippen LogP contribution in [0.5, 0.6) is 5.75 Å². The third-order valence-corrected chi connectivity index (χ3v) is 1.86. The molecule has 0 bridgehead atoms. The monoisotopic (exact) mass is 166 g/mol. The van der Waals surface area contributed by atoms with Crippen molar-refractivity contribution in [2.45, 2.75) is 19.8 Å². The maximum atomic E-state index is 9.54. The zero-order chi connectivity index (χ0) is 9.30. The van der Waals surface area contributed by atoms with Crippen LogP contribution >= 0.6 is 0 Å². The summed E-state index contributed by atoms with van der Waals surface area (Å²) in [5.74, 6) is 0.304. The number of hydrogen-bond donors (Lipinski definition) is 3. The van der Waals surface area contributed by atoms with Crippen molar-refractivity contribution in [1.82, 2.24) is 0 Å². The maximum absolute atomic E-state index is 9.54. The van der Waals surface area contributed by atoms with Gasteiger partial charge in [-0.25, -0.2) is 0 Å². The second-order valence-corrected chi connectivity index (χ2v) is 3.16. The molecule has 0 unspecified atom stereocenters. The van der Waals surface area contributed by atoms with Crippen LogP contribution in [0.2, 0.25) is 0 Å². The van der Waals surface area contributed by atoms with E-state index in [4.69, 9.17) is 11.5 Å². The number of phenols is 1. The van der Waals surface area contributed by atoms with Crippen LogP contribution in [-0.4, -0.2) is 5.11 Å². The third-order valence-electron chi connectivity index (χ3n) is 1.86. The Hall–Kier alpha value is -1.38. The summed E-state index contributed by atoms with van der Waals surface area (Å²) in [5, 5.41) is 9.54. The third kappa shape index (κ3) is 1.30. The summed E-state index contributed by atoms with van der Waals surface area (Å²) in [6, 6.07) is 3.32. The molecule has 0 aliphatic heterocycles. The number of nitrogens with two attached hydrogens (primary N) is 2. The smallest absolute Gasteiger partial charge is 0.143 e. The topological polar surface area (TPSA) is 72.3 Å². The summed E-state index contributed by atoms with van der Waals surface area (Å²) in [6.45, 7) is 3.93. The zero-order valence-corrected chi connectivity index (χ0v) is 7.33. The summed E-state index contributed by atoms with van der Waals surface area (Å²) >= 11 is 0. The van der Waals surface area contributed by atoms with Gasteiger partial charge in [-0.3, -0.25) is 0 Å². The Morgan fingerprint density at radius 3 is 2.08 bits per heavy atom. The second kappa shape index (κ2) is 2.93. The van der Waals surface area contributed by atoms with Crippen LogP contribution in [0, 0.1) is 0 Å². The number of benzene rings is 1. The van der Waals surface area contributed by atoms with Gasteiger partial charge < -0.3 is 16.6 Å². The fourth-order valence-corrected chi connectivity index (χ4v) is 1.25. The van der Waals surface area contributed by atoms with Gasteiger partial charge in [-0.2, -0.15) is 0 Å². The van der Waals surface area contributed by atoms with Gasteiger partial charge in [0.15, 0.2) is 0 Å². The first-order valence-electron chi connectivity index (χ1n) is 3.91. The molecule has 1 aromatic rings. The molecule has 0 saturated carbocycles. The Morgan fingerprint density at radius 1 is 1.17 bits per heavy atom.